The largest absolute Gasteiger partial charge is 0.303 e. The second-order valence-corrected chi connectivity index (χ2v) is 7.95. The fourth-order valence-corrected chi connectivity index (χ4v) is 5.64. The van der Waals surface area contributed by atoms with Gasteiger partial charge in [-0.3, -0.25) is 0 Å². The summed E-state index contributed by atoms with van der Waals surface area (Å²) in [4.78, 5) is 6.67. The van der Waals surface area contributed by atoms with Gasteiger partial charge in [0.1, 0.15) is 5.01 Å². The number of aromatic nitrogens is 1. The zero-order valence-electron chi connectivity index (χ0n) is 13.2. The molecule has 112 valence electrons. The molecule has 0 aromatic carbocycles. The minimum absolute atomic E-state index is 0.163. The Bertz CT molecular complexity index is 444. The Morgan fingerprint density at radius 2 is 2.15 bits per heavy atom. The van der Waals surface area contributed by atoms with Crippen LogP contribution in [0.4, 0.5) is 0 Å². The Labute approximate surface area is 127 Å². The van der Waals surface area contributed by atoms with E-state index in [9.17, 15) is 0 Å². The molecule has 2 aliphatic carbocycles. The maximum Gasteiger partial charge on any atom is 0.114 e. The zero-order valence-corrected chi connectivity index (χ0v) is 14.0. The first-order valence-corrected chi connectivity index (χ1v) is 9.24. The molecular weight excluding hydrogens is 264 g/mol. The van der Waals surface area contributed by atoms with Crippen molar-refractivity contribution in [3.8, 4) is 0 Å². The van der Waals surface area contributed by atoms with Crippen LogP contribution in [-0.4, -0.2) is 11.0 Å². The number of hydrogen-bond donors (Lipinski definition) is 1. The molecule has 1 saturated carbocycles. The summed E-state index contributed by atoms with van der Waals surface area (Å²) >= 11 is 2.01. The molecule has 0 spiro atoms. The van der Waals surface area contributed by atoms with Gasteiger partial charge >= 0.3 is 0 Å². The maximum absolute atomic E-state index is 5.09. The van der Waals surface area contributed by atoms with Crippen LogP contribution in [0.1, 0.15) is 74.9 Å². The first-order chi connectivity index (χ1) is 9.65. The van der Waals surface area contributed by atoms with Gasteiger partial charge in [-0.05, 0) is 51.9 Å². The Kier molecular flexibility index (Phi) is 4.19. The van der Waals surface area contributed by atoms with Crippen molar-refractivity contribution in [1.29, 1.82) is 0 Å². The Balaban J connectivity index is 1.99. The highest BCUT2D eigenvalue weighted by molar-refractivity contribution is 7.12. The van der Waals surface area contributed by atoms with Gasteiger partial charge in [-0.1, -0.05) is 26.2 Å². The third kappa shape index (κ3) is 2.43. The van der Waals surface area contributed by atoms with E-state index < -0.39 is 0 Å². The molecule has 20 heavy (non-hydrogen) atoms. The van der Waals surface area contributed by atoms with Crippen LogP contribution in [0.25, 0.3) is 0 Å². The predicted molar refractivity (Wildman–Crippen MR) is 86.3 cm³/mol. The minimum atomic E-state index is 0.163. The summed E-state index contributed by atoms with van der Waals surface area (Å²) in [5, 5.41) is 5.35. The van der Waals surface area contributed by atoms with Crippen molar-refractivity contribution in [3.63, 3.8) is 0 Å². The van der Waals surface area contributed by atoms with E-state index in [0.29, 0.717) is 6.04 Å². The third-order valence-electron chi connectivity index (χ3n) is 5.09. The average Bonchev–Trinajstić information content (AvgIpc) is 2.99. The molecule has 1 aromatic rings. The molecule has 2 aliphatic rings. The molecule has 0 amide bonds. The van der Waals surface area contributed by atoms with Crippen molar-refractivity contribution in [3.05, 3.63) is 15.6 Å². The van der Waals surface area contributed by atoms with Crippen molar-refractivity contribution >= 4 is 11.3 Å². The van der Waals surface area contributed by atoms with Crippen LogP contribution < -0.4 is 5.32 Å². The van der Waals surface area contributed by atoms with Gasteiger partial charge in [-0.15, -0.1) is 11.3 Å². The number of thiazole rings is 1. The van der Waals surface area contributed by atoms with Gasteiger partial charge < -0.3 is 5.32 Å². The lowest BCUT2D eigenvalue weighted by Gasteiger charge is -2.45. The standard InChI is InChI=1S/C17H28N2S/c1-4-13-8-5-6-11-17(13,19-12(2)3)16-18-14-9-7-10-15(14)20-16/h12-13,19H,4-11H2,1-3H3. The first kappa shape index (κ1) is 14.5. The molecular formula is C17H28N2S. The topological polar surface area (TPSA) is 24.9 Å². The lowest BCUT2D eigenvalue weighted by molar-refractivity contribution is 0.124. The van der Waals surface area contributed by atoms with Gasteiger partial charge in [0.2, 0.25) is 0 Å². The Morgan fingerprint density at radius 3 is 2.85 bits per heavy atom. The molecule has 3 rings (SSSR count). The second-order valence-electron chi connectivity index (χ2n) is 6.86. The zero-order chi connectivity index (χ0) is 14.2. The van der Waals surface area contributed by atoms with E-state index in [1.807, 2.05) is 11.3 Å². The number of fused-ring (bicyclic) bond motifs is 1. The molecule has 1 heterocycles. The number of rotatable bonds is 4. The van der Waals surface area contributed by atoms with Gasteiger partial charge in [-0.2, -0.15) is 0 Å². The smallest absolute Gasteiger partial charge is 0.114 e. The van der Waals surface area contributed by atoms with Crippen LogP contribution in [0.5, 0.6) is 0 Å². The molecule has 2 atom stereocenters. The van der Waals surface area contributed by atoms with Gasteiger partial charge in [0.15, 0.2) is 0 Å². The minimum Gasteiger partial charge on any atom is -0.303 e. The average molecular weight is 292 g/mol. The van der Waals surface area contributed by atoms with Crippen LogP contribution in [0.2, 0.25) is 0 Å². The molecule has 2 unspecified atom stereocenters. The third-order valence-corrected chi connectivity index (χ3v) is 6.42. The molecule has 1 fully saturated rings. The number of nitrogens with one attached hydrogen (secondary N) is 1. The number of nitrogens with zero attached hydrogens (tertiary/aromatic N) is 1. The quantitative estimate of drug-likeness (QED) is 0.888. The lowest BCUT2D eigenvalue weighted by atomic mass is 9.71. The van der Waals surface area contributed by atoms with Crippen molar-refractivity contribution in [2.24, 2.45) is 5.92 Å². The van der Waals surface area contributed by atoms with E-state index in [2.05, 4.69) is 26.1 Å². The summed E-state index contributed by atoms with van der Waals surface area (Å²) in [5.74, 6) is 0.755. The Morgan fingerprint density at radius 1 is 1.30 bits per heavy atom. The van der Waals surface area contributed by atoms with Crippen molar-refractivity contribution < 1.29 is 0 Å². The highest BCUT2D eigenvalue weighted by Gasteiger charge is 2.44. The van der Waals surface area contributed by atoms with Crippen LogP contribution in [0.15, 0.2) is 0 Å². The normalized spacial score (nSPS) is 29.9. The summed E-state index contributed by atoms with van der Waals surface area (Å²) in [6, 6.07) is 0.529. The first-order valence-electron chi connectivity index (χ1n) is 8.42. The highest BCUT2D eigenvalue weighted by Crippen LogP contribution is 2.46. The predicted octanol–water partition coefficient (Wildman–Crippen LogP) is 4.43. The maximum atomic E-state index is 5.09. The molecule has 3 heteroatoms. The van der Waals surface area contributed by atoms with E-state index in [0.717, 1.165) is 5.92 Å². The monoisotopic (exact) mass is 292 g/mol. The van der Waals surface area contributed by atoms with Crippen molar-refractivity contribution in [2.75, 3.05) is 0 Å². The molecule has 1 aromatic heterocycles. The Hall–Kier alpha value is -0.410. The van der Waals surface area contributed by atoms with Gasteiger partial charge in [0, 0.05) is 10.9 Å². The van der Waals surface area contributed by atoms with Gasteiger partial charge in [0.25, 0.3) is 0 Å². The van der Waals surface area contributed by atoms with E-state index in [4.69, 9.17) is 4.98 Å². The fraction of sp³-hybridized carbons (Fsp3) is 0.824. The summed E-state index contributed by atoms with van der Waals surface area (Å²) < 4.78 is 0. The van der Waals surface area contributed by atoms with E-state index in [1.54, 1.807) is 4.88 Å². The molecule has 0 saturated heterocycles. The van der Waals surface area contributed by atoms with Crippen molar-refractivity contribution in [2.45, 2.75) is 83.7 Å². The van der Waals surface area contributed by atoms with Crippen LogP contribution in [0.3, 0.4) is 0 Å². The summed E-state index contributed by atoms with van der Waals surface area (Å²) in [7, 11) is 0. The molecule has 0 radical (unpaired) electrons. The van der Waals surface area contributed by atoms with E-state index in [1.165, 1.54) is 62.1 Å². The van der Waals surface area contributed by atoms with Crippen molar-refractivity contribution in [1.82, 2.24) is 10.3 Å². The number of aryl methyl sites for hydroxylation is 2. The van der Waals surface area contributed by atoms with Crippen LogP contribution in [0, 0.1) is 5.92 Å². The molecule has 1 N–H and O–H groups in total. The second kappa shape index (κ2) is 5.76. The van der Waals surface area contributed by atoms with Crippen LogP contribution in [-0.2, 0) is 18.4 Å². The lowest BCUT2D eigenvalue weighted by Crippen LogP contribution is -2.52. The van der Waals surface area contributed by atoms with E-state index >= 15 is 0 Å². The van der Waals surface area contributed by atoms with E-state index in [-0.39, 0.29) is 5.54 Å². The fourth-order valence-electron chi connectivity index (χ4n) is 4.23. The number of hydrogen-bond acceptors (Lipinski definition) is 3. The molecule has 0 aliphatic heterocycles. The highest BCUT2D eigenvalue weighted by atomic mass is 32.1. The van der Waals surface area contributed by atoms with Crippen LogP contribution >= 0.6 is 11.3 Å². The summed E-state index contributed by atoms with van der Waals surface area (Å²) in [6.45, 7) is 6.92. The van der Waals surface area contributed by atoms with Gasteiger partial charge in [0.05, 0.1) is 11.2 Å². The van der Waals surface area contributed by atoms with Gasteiger partial charge in [-0.25, -0.2) is 4.98 Å². The summed E-state index contributed by atoms with van der Waals surface area (Å²) in [5.41, 5.74) is 1.58. The molecule has 0 bridgehead atoms. The molecule has 2 nitrogen and oxygen atoms in total. The summed E-state index contributed by atoms with van der Waals surface area (Å²) in [6.07, 6.45) is 10.4. The SMILES string of the molecule is CCC1CCCCC1(NC(C)C)c1nc2c(s1)CCC2.